The Morgan fingerprint density at radius 3 is 2.39 bits per heavy atom. The van der Waals surface area contributed by atoms with Gasteiger partial charge < -0.3 is 19.7 Å². The molecule has 6 rings (SSSR count). The number of hydrogen-bond acceptors (Lipinski definition) is 4. The van der Waals surface area contributed by atoms with Crippen molar-refractivity contribution in [1.29, 1.82) is 0 Å². The summed E-state index contributed by atoms with van der Waals surface area (Å²) in [6.45, 7) is 10.6. The van der Waals surface area contributed by atoms with Crippen molar-refractivity contribution in [3.05, 3.63) is 0 Å². The van der Waals surface area contributed by atoms with Crippen LogP contribution in [-0.4, -0.2) is 40.9 Å². The van der Waals surface area contributed by atoms with Crippen LogP contribution < -0.4 is 0 Å². The van der Waals surface area contributed by atoms with Gasteiger partial charge in [-0.15, -0.1) is 0 Å². The molecule has 2 N–H and O–H groups in total. The van der Waals surface area contributed by atoms with Crippen molar-refractivity contribution in [3.63, 3.8) is 0 Å². The van der Waals surface area contributed by atoms with Gasteiger partial charge in [-0.3, -0.25) is 0 Å². The molecule has 13 unspecified atom stereocenters. The van der Waals surface area contributed by atoms with Gasteiger partial charge in [0.05, 0.1) is 24.9 Å². The third kappa shape index (κ3) is 2.80. The Morgan fingerprint density at radius 2 is 1.65 bits per heavy atom. The van der Waals surface area contributed by atoms with Crippen molar-refractivity contribution in [1.82, 2.24) is 0 Å². The van der Waals surface area contributed by atoms with E-state index in [9.17, 15) is 10.2 Å². The van der Waals surface area contributed by atoms with Crippen LogP contribution >= 0.6 is 0 Å². The normalized spacial score (nSPS) is 63.3. The second kappa shape index (κ2) is 6.93. The van der Waals surface area contributed by atoms with Crippen molar-refractivity contribution in [3.8, 4) is 0 Å². The summed E-state index contributed by atoms with van der Waals surface area (Å²) in [7, 11) is 0. The molecule has 31 heavy (non-hydrogen) atoms. The lowest BCUT2D eigenvalue weighted by Crippen LogP contribution is -2.57. The maximum absolute atomic E-state index is 10.6. The van der Waals surface area contributed by atoms with E-state index in [0.29, 0.717) is 41.1 Å². The van der Waals surface area contributed by atoms with Crippen molar-refractivity contribution in [2.45, 2.75) is 110 Å². The highest BCUT2D eigenvalue weighted by Gasteiger charge is 2.69. The first-order valence-corrected chi connectivity index (χ1v) is 13.4. The smallest absolute Gasteiger partial charge is 0.171 e. The maximum Gasteiger partial charge on any atom is 0.171 e. The SMILES string of the molecule is CC1CCC2(OC1)OC1CC3C4CCC5CC(O)C(O)CC5(C)C4CCC3(C)C1C2C. The first-order chi connectivity index (χ1) is 14.7. The van der Waals surface area contributed by atoms with Gasteiger partial charge in [0.15, 0.2) is 5.79 Å². The van der Waals surface area contributed by atoms with Gasteiger partial charge in [-0.05, 0) is 97.7 Å². The predicted molar refractivity (Wildman–Crippen MR) is 119 cm³/mol. The largest absolute Gasteiger partial charge is 0.390 e. The summed E-state index contributed by atoms with van der Waals surface area (Å²) < 4.78 is 13.3. The van der Waals surface area contributed by atoms with E-state index in [4.69, 9.17) is 9.47 Å². The Hall–Kier alpha value is -0.160. The van der Waals surface area contributed by atoms with E-state index in [2.05, 4.69) is 27.7 Å². The minimum absolute atomic E-state index is 0.191. The van der Waals surface area contributed by atoms with Crippen molar-refractivity contribution >= 4 is 0 Å². The molecule has 0 bridgehead atoms. The van der Waals surface area contributed by atoms with Crippen LogP contribution in [0.2, 0.25) is 0 Å². The molecule has 0 aromatic carbocycles. The summed E-state index contributed by atoms with van der Waals surface area (Å²) in [4.78, 5) is 0. The summed E-state index contributed by atoms with van der Waals surface area (Å²) in [6, 6.07) is 0. The van der Waals surface area contributed by atoms with E-state index in [1.54, 1.807) is 0 Å². The Morgan fingerprint density at radius 1 is 0.839 bits per heavy atom. The van der Waals surface area contributed by atoms with Gasteiger partial charge in [0.25, 0.3) is 0 Å². The summed E-state index contributed by atoms with van der Waals surface area (Å²) >= 11 is 0. The Bertz CT molecular complexity index is 716. The van der Waals surface area contributed by atoms with E-state index in [1.165, 1.54) is 38.5 Å². The molecule has 4 aliphatic carbocycles. The van der Waals surface area contributed by atoms with Gasteiger partial charge in [-0.25, -0.2) is 0 Å². The predicted octanol–water partition coefficient (Wildman–Crippen LogP) is 4.76. The van der Waals surface area contributed by atoms with Crippen LogP contribution in [0.5, 0.6) is 0 Å². The molecular formula is C27H44O4. The van der Waals surface area contributed by atoms with Crippen molar-refractivity contribution in [2.24, 2.45) is 52.3 Å². The zero-order valence-corrected chi connectivity index (χ0v) is 20.1. The standard InChI is InChI=1S/C27H44O4/c1-15-7-10-27(30-14-15)16(2)24-23(31-27)12-20-18-6-5-17-11-21(28)22(29)13-26(17,4)19(18)8-9-25(20,24)3/h15-24,28-29H,5-14H2,1-4H3. The van der Waals surface area contributed by atoms with Crippen LogP contribution in [0.1, 0.15) is 85.5 Å². The van der Waals surface area contributed by atoms with Gasteiger partial charge in [-0.1, -0.05) is 27.7 Å². The molecule has 6 fully saturated rings. The fourth-order valence-electron chi connectivity index (χ4n) is 10.3. The average Bonchev–Trinajstić information content (AvgIpc) is 3.16. The van der Waals surface area contributed by atoms with Crippen LogP contribution in [0.3, 0.4) is 0 Å². The summed E-state index contributed by atoms with van der Waals surface area (Å²) in [5, 5.41) is 20.9. The summed E-state index contributed by atoms with van der Waals surface area (Å²) in [6.07, 6.45) is 9.51. The van der Waals surface area contributed by atoms with E-state index in [-0.39, 0.29) is 11.2 Å². The highest BCUT2D eigenvalue weighted by atomic mass is 16.7. The zero-order chi connectivity index (χ0) is 21.8. The van der Waals surface area contributed by atoms with Gasteiger partial charge >= 0.3 is 0 Å². The lowest BCUT2D eigenvalue weighted by Gasteiger charge is -2.61. The molecular weight excluding hydrogens is 388 g/mol. The fraction of sp³-hybridized carbons (Fsp3) is 1.00. The molecule has 176 valence electrons. The number of fused-ring (bicyclic) bond motifs is 7. The highest BCUT2D eigenvalue weighted by Crippen LogP contribution is 2.71. The van der Waals surface area contributed by atoms with Crippen LogP contribution in [0.15, 0.2) is 0 Å². The van der Waals surface area contributed by atoms with Crippen LogP contribution in [0.4, 0.5) is 0 Å². The van der Waals surface area contributed by atoms with E-state index in [1.807, 2.05) is 0 Å². The number of hydrogen-bond donors (Lipinski definition) is 2. The Kier molecular flexibility index (Phi) is 4.78. The molecule has 0 radical (unpaired) electrons. The minimum Gasteiger partial charge on any atom is -0.390 e. The number of aliphatic hydroxyl groups excluding tert-OH is 2. The molecule has 1 spiro atoms. The molecule has 0 aromatic rings. The second-order valence-electron chi connectivity index (χ2n) is 13.2. The van der Waals surface area contributed by atoms with Gasteiger partial charge in [0.1, 0.15) is 0 Å². The molecule has 2 aliphatic heterocycles. The first-order valence-electron chi connectivity index (χ1n) is 13.4. The van der Waals surface area contributed by atoms with Gasteiger partial charge in [0.2, 0.25) is 0 Å². The zero-order valence-electron chi connectivity index (χ0n) is 20.1. The minimum atomic E-state index is -0.537. The summed E-state index contributed by atoms with van der Waals surface area (Å²) in [5.74, 6) is 4.21. The molecule has 6 aliphatic rings. The van der Waals surface area contributed by atoms with Crippen molar-refractivity contribution < 1.29 is 19.7 Å². The summed E-state index contributed by atoms with van der Waals surface area (Å²) in [5.41, 5.74) is 0.550. The molecule has 2 heterocycles. The van der Waals surface area contributed by atoms with Gasteiger partial charge in [-0.2, -0.15) is 0 Å². The van der Waals surface area contributed by atoms with Crippen LogP contribution in [0.25, 0.3) is 0 Å². The number of ether oxygens (including phenoxy) is 2. The molecule has 4 nitrogen and oxygen atoms in total. The van der Waals surface area contributed by atoms with Crippen molar-refractivity contribution in [2.75, 3.05) is 6.61 Å². The highest BCUT2D eigenvalue weighted by molar-refractivity contribution is 5.15. The topological polar surface area (TPSA) is 58.9 Å². The quantitative estimate of drug-likeness (QED) is 0.579. The van der Waals surface area contributed by atoms with E-state index < -0.39 is 12.2 Å². The third-order valence-electron chi connectivity index (χ3n) is 12.0. The molecule has 0 amide bonds. The van der Waals surface area contributed by atoms with E-state index in [0.717, 1.165) is 37.7 Å². The monoisotopic (exact) mass is 432 g/mol. The lowest BCUT2D eigenvalue weighted by molar-refractivity contribution is -0.273. The lowest BCUT2D eigenvalue weighted by atomic mass is 9.44. The fourth-order valence-corrected chi connectivity index (χ4v) is 10.3. The molecule has 13 atom stereocenters. The van der Waals surface area contributed by atoms with Crippen LogP contribution in [0, 0.1) is 52.3 Å². The number of rotatable bonds is 0. The first kappa shape index (κ1) is 21.4. The Balaban J connectivity index is 1.26. The average molecular weight is 433 g/mol. The Labute approximate surface area is 188 Å². The molecule has 0 aromatic heterocycles. The van der Waals surface area contributed by atoms with E-state index >= 15 is 0 Å². The second-order valence-corrected chi connectivity index (χ2v) is 13.2. The van der Waals surface area contributed by atoms with Crippen LogP contribution in [-0.2, 0) is 9.47 Å². The number of aliphatic hydroxyl groups is 2. The third-order valence-corrected chi connectivity index (χ3v) is 12.0. The molecule has 4 heteroatoms. The van der Waals surface area contributed by atoms with Gasteiger partial charge in [0, 0.05) is 12.3 Å². The molecule has 2 saturated heterocycles. The maximum atomic E-state index is 10.6. The molecule has 4 saturated carbocycles.